The quantitative estimate of drug-likeness (QED) is 0.915. The van der Waals surface area contributed by atoms with Crippen molar-refractivity contribution in [2.45, 2.75) is 25.4 Å². The standard InChI is InChI=1S/C11H13F3N2O4S/c12-11(13,14)8-5-10(20-16-8)15-9(17)4-7-2-1-3-21(18,19)6-7/h5,7H,1-4,6H2,(H,15,17). The Morgan fingerprint density at radius 2 is 2.19 bits per heavy atom. The van der Waals surface area contributed by atoms with Crippen molar-refractivity contribution in [3.05, 3.63) is 11.8 Å². The molecule has 1 fully saturated rings. The lowest BCUT2D eigenvalue weighted by molar-refractivity contribution is -0.142. The number of amides is 1. The van der Waals surface area contributed by atoms with Crippen LogP contribution in [-0.4, -0.2) is 31.0 Å². The van der Waals surface area contributed by atoms with Crippen molar-refractivity contribution in [3.63, 3.8) is 0 Å². The monoisotopic (exact) mass is 326 g/mol. The van der Waals surface area contributed by atoms with Gasteiger partial charge >= 0.3 is 6.18 Å². The van der Waals surface area contributed by atoms with Crippen LogP contribution in [0.5, 0.6) is 0 Å². The molecule has 21 heavy (non-hydrogen) atoms. The minimum atomic E-state index is -4.65. The molecular weight excluding hydrogens is 313 g/mol. The molecule has 0 radical (unpaired) electrons. The van der Waals surface area contributed by atoms with E-state index in [1.54, 1.807) is 0 Å². The second kappa shape index (κ2) is 5.66. The fraction of sp³-hybridized carbons (Fsp3) is 0.636. The maximum absolute atomic E-state index is 12.3. The van der Waals surface area contributed by atoms with Crippen LogP contribution < -0.4 is 5.32 Å². The van der Waals surface area contributed by atoms with E-state index in [0.717, 1.165) is 0 Å². The first kappa shape index (κ1) is 15.8. The van der Waals surface area contributed by atoms with Crippen molar-refractivity contribution < 1.29 is 30.9 Å². The Hall–Kier alpha value is -1.58. The molecule has 0 bridgehead atoms. The largest absolute Gasteiger partial charge is 0.436 e. The van der Waals surface area contributed by atoms with Crippen LogP contribution >= 0.6 is 0 Å². The highest BCUT2D eigenvalue weighted by atomic mass is 32.2. The SMILES string of the molecule is O=C(CC1CCCS(=O)(=O)C1)Nc1cc(C(F)(F)F)no1. The Kier molecular flexibility index (Phi) is 4.26. The zero-order valence-electron chi connectivity index (χ0n) is 10.8. The molecule has 2 heterocycles. The normalized spacial score (nSPS) is 22.0. The lowest BCUT2D eigenvalue weighted by Gasteiger charge is -2.20. The average molecular weight is 326 g/mol. The third kappa shape index (κ3) is 4.45. The smallest absolute Gasteiger partial charge is 0.338 e. The van der Waals surface area contributed by atoms with E-state index < -0.39 is 33.5 Å². The van der Waals surface area contributed by atoms with Gasteiger partial charge in [-0.3, -0.25) is 10.1 Å². The van der Waals surface area contributed by atoms with Crippen LogP contribution in [0, 0.1) is 5.92 Å². The van der Waals surface area contributed by atoms with Gasteiger partial charge in [-0.1, -0.05) is 5.16 Å². The first-order chi connectivity index (χ1) is 9.66. The summed E-state index contributed by atoms with van der Waals surface area (Å²) in [6.45, 7) is 0. The molecule has 0 saturated carbocycles. The van der Waals surface area contributed by atoms with E-state index >= 15 is 0 Å². The Morgan fingerprint density at radius 1 is 1.48 bits per heavy atom. The summed E-state index contributed by atoms with van der Waals surface area (Å²) in [5.74, 6) is -1.30. The van der Waals surface area contributed by atoms with E-state index in [0.29, 0.717) is 18.9 Å². The van der Waals surface area contributed by atoms with Crippen LogP contribution in [0.3, 0.4) is 0 Å². The van der Waals surface area contributed by atoms with E-state index in [4.69, 9.17) is 0 Å². The van der Waals surface area contributed by atoms with Crippen molar-refractivity contribution in [2.24, 2.45) is 5.92 Å². The van der Waals surface area contributed by atoms with Crippen LogP contribution in [-0.2, 0) is 20.8 Å². The number of carbonyl (C=O) groups is 1. The molecule has 1 saturated heterocycles. The van der Waals surface area contributed by atoms with Crippen molar-refractivity contribution in [1.82, 2.24) is 5.16 Å². The van der Waals surface area contributed by atoms with Gasteiger partial charge in [-0.2, -0.15) is 13.2 Å². The van der Waals surface area contributed by atoms with Gasteiger partial charge in [0.15, 0.2) is 15.5 Å². The number of hydrogen-bond donors (Lipinski definition) is 1. The van der Waals surface area contributed by atoms with E-state index in [2.05, 4.69) is 15.0 Å². The maximum atomic E-state index is 12.3. The predicted octanol–water partition coefficient (Wildman–Crippen LogP) is 1.85. The molecule has 1 aliphatic rings. The van der Waals surface area contributed by atoms with E-state index in [1.165, 1.54) is 0 Å². The highest BCUT2D eigenvalue weighted by molar-refractivity contribution is 7.91. The molecule has 1 amide bonds. The second-order valence-corrected chi connectivity index (χ2v) is 7.18. The summed E-state index contributed by atoms with van der Waals surface area (Å²) in [5, 5.41) is 4.95. The summed E-state index contributed by atoms with van der Waals surface area (Å²) in [5.41, 5.74) is -1.24. The fourth-order valence-electron chi connectivity index (χ4n) is 2.20. The molecule has 0 aromatic carbocycles. The number of rotatable bonds is 3. The Labute approximate surface area is 118 Å². The molecule has 2 rings (SSSR count). The number of aromatic nitrogens is 1. The van der Waals surface area contributed by atoms with Gasteiger partial charge in [-0.25, -0.2) is 8.42 Å². The summed E-state index contributed by atoms with van der Waals surface area (Å²) in [6, 6.07) is 0.579. The molecular formula is C11H13F3N2O4S. The minimum absolute atomic E-state index is 0.0787. The Bertz CT molecular complexity index is 624. The number of hydrogen-bond acceptors (Lipinski definition) is 5. The molecule has 10 heteroatoms. The van der Waals surface area contributed by atoms with E-state index in [-0.39, 0.29) is 23.8 Å². The van der Waals surface area contributed by atoms with Crippen LogP contribution in [0.4, 0.5) is 19.1 Å². The zero-order valence-corrected chi connectivity index (χ0v) is 11.6. The third-order valence-corrected chi connectivity index (χ3v) is 4.98. The molecule has 118 valence electrons. The van der Waals surface area contributed by atoms with Crippen molar-refractivity contribution in [1.29, 1.82) is 0 Å². The van der Waals surface area contributed by atoms with Gasteiger partial charge in [0.1, 0.15) is 0 Å². The van der Waals surface area contributed by atoms with Gasteiger partial charge < -0.3 is 4.52 Å². The number of alkyl halides is 3. The highest BCUT2D eigenvalue weighted by Gasteiger charge is 2.35. The van der Waals surface area contributed by atoms with Crippen LogP contribution in [0.15, 0.2) is 10.6 Å². The number of nitrogens with zero attached hydrogens (tertiary/aromatic N) is 1. The van der Waals surface area contributed by atoms with Gasteiger partial charge in [0.25, 0.3) is 0 Å². The van der Waals surface area contributed by atoms with Crippen molar-refractivity contribution in [2.75, 3.05) is 16.8 Å². The molecule has 1 unspecified atom stereocenters. The summed E-state index contributed by atoms with van der Waals surface area (Å²) < 4.78 is 64.1. The predicted molar refractivity (Wildman–Crippen MR) is 66.1 cm³/mol. The first-order valence-corrected chi connectivity index (χ1v) is 8.02. The second-order valence-electron chi connectivity index (χ2n) is 4.95. The van der Waals surface area contributed by atoms with Gasteiger partial charge in [-0.15, -0.1) is 0 Å². The number of anilines is 1. The van der Waals surface area contributed by atoms with Crippen molar-refractivity contribution >= 4 is 21.6 Å². The summed E-state index contributed by atoms with van der Waals surface area (Å²) >= 11 is 0. The first-order valence-electron chi connectivity index (χ1n) is 6.20. The van der Waals surface area contributed by atoms with Crippen LogP contribution in [0.2, 0.25) is 0 Å². The molecule has 1 aromatic heterocycles. The summed E-state index contributed by atoms with van der Waals surface area (Å²) in [4.78, 5) is 11.7. The maximum Gasteiger partial charge on any atom is 0.436 e. The summed E-state index contributed by atoms with van der Waals surface area (Å²) in [6.07, 6.45) is -3.65. The van der Waals surface area contributed by atoms with Gasteiger partial charge in [0, 0.05) is 12.5 Å². The molecule has 1 N–H and O–H groups in total. The Balaban J connectivity index is 1.91. The number of sulfone groups is 1. The number of nitrogens with one attached hydrogen (secondary N) is 1. The minimum Gasteiger partial charge on any atom is -0.338 e. The van der Waals surface area contributed by atoms with Gasteiger partial charge in [-0.05, 0) is 18.8 Å². The topological polar surface area (TPSA) is 89.3 Å². The van der Waals surface area contributed by atoms with E-state index in [9.17, 15) is 26.4 Å². The number of halogens is 3. The third-order valence-electron chi connectivity index (χ3n) is 3.09. The number of carbonyl (C=O) groups excluding carboxylic acids is 1. The zero-order chi connectivity index (χ0) is 15.7. The fourth-order valence-corrected chi connectivity index (χ4v) is 3.97. The van der Waals surface area contributed by atoms with Gasteiger partial charge in [0.05, 0.1) is 11.5 Å². The molecule has 1 aromatic rings. The Morgan fingerprint density at radius 3 is 2.76 bits per heavy atom. The van der Waals surface area contributed by atoms with Crippen LogP contribution in [0.1, 0.15) is 25.0 Å². The van der Waals surface area contributed by atoms with E-state index in [1.807, 2.05) is 0 Å². The molecule has 6 nitrogen and oxygen atoms in total. The molecule has 1 aliphatic heterocycles. The lowest BCUT2D eigenvalue weighted by Crippen LogP contribution is -2.28. The van der Waals surface area contributed by atoms with Crippen molar-refractivity contribution in [3.8, 4) is 0 Å². The molecule has 0 spiro atoms. The lowest BCUT2D eigenvalue weighted by atomic mass is 10.0. The molecule has 1 atom stereocenters. The molecule has 0 aliphatic carbocycles. The van der Waals surface area contributed by atoms with Gasteiger partial charge in [0.2, 0.25) is 11.8 Å². The highest BCUT2D eigenvalue weighted by Crippen LogP contribution is 2.30. The average Bonchev–Trinajstić information content (AvgIpc) is 2.75. The van der Waals surface area contributed by atoms with Crippen LogP contribution in [0.25, 0.3) is 0 Å². The summed E-state index contributed by atoms with van der Waals surface area (Å²) in [7, 11) is -3.13.